The minimum Gasteiger partial charge on any atom is -0.469 e. The van der Waals surface area contributed by atoms with E-state index in [4.69, 9.17) is 16.3 Å². The van der Waals surface area contributed by atoms with Crippen LogP contribution in [-0.4, -0.2) is 38.2 Å². The van der Waals surface area contributed by atoms with Crippen LogP contribution in [0.25, 0.3) is 22.6 Å². The Morgan fingerprint density at radius 2 is 2.07 bits per heavy atom. The van der Waals surface area contributed by atoms with Crippen LogP contribution >= 0.6 is 11.6 Å². The van der Waals surface area contributed by atoms with Crippen LogP contribution in [0.5, 0.6) is 0 Å². The number of ether oxygens (including phenoxy) is 1. The van der Waals surface area contributed by atoms with Crippen molar-refractivity contribution in [3.05, 3.63) is 35.0 Å². The van der Waals surface area contributed by atoms with Crippen molar-refractivity contribution in [1.82, 2.24) is 25.1 Å². The zero-order valence-electron chi connectivity index (χ0n) is 16.1. The number of carbonyl (C=O) groups excluding carboxylic acids is 1. The summed E-state index contributed by atoms with van der Waals surface area (Å²) in [5.41, 5.74) is 0.953. The highest BCUT2D eigenvalue weighted by Gasteiger charge is 2.29. The van der Waals surface area contributed by atoms with Crippen molar-refractivity contribution >= 4 is 28.6 Å². The normalized spacial score (nSPS) is 12.9. The van der Waals surface area contributed by atoms with Crippen LogP contribution in [0.2, 0.25) is 5.02 Å². The number of aromatic amines is 1. The number of hydrogen-bond acceptors (Lipinski definition) is 6. The zero-order chi connectivity index (χ0) is 20.5. The Bertz CT molecular complexity index is 1020. The first-order valence-electron chi connectivity index (χ1n) is 8.77. The molecule has 0 aliphatic heterocycles. The number of nitrogens with one attached hydrogen (secondary N) is 1. The lowest BCUT2D eigenvalue weighted by molar-refractivity contribution is -0.142. The second-order valence-corrected chi connectivity index (χ2v) is 8.10. The van der Waals surface area contributed by atoms with Crippen molar-refractivity contribution in [3.8, 4) is 11.5 Å². The summed E-state index contributed by atoms with van der Waals surface area (Å²) >= 11 is 6.02. The Kier molecular flexibility index (Phi) is 5.60. The molecule has 3 aromatic heterocycles. The van der Waals surface area contributed by atoms with E-state index in [0.29, 0.717) is 21.7 Å². The molecule has 0 saturated carbocycles. The minimum absolute atomic E-state index is 0.160. The summed E-state index contributed by atoms with van der Waals surface area (Å²) in [6.07, 6.45) is 3.06. The van der Waals surface area contributed by atoms with Gasteiger partial charge in [-0.15, -0.1) is 0 Å². The molecule has 0 aliphatic carbocycles. The van der Waals surface area contributed by atoms with E-state index in [2.05, 4.69) is 25.1 Å². The average molecular weight is 406 g/mol. The SMILES string of the molecule is COC(=O)C[C@@H](Cc1nc(-c2[nH]nc3ncc(Cl)cc23)ncc1F)C(C)(C)C. The summed E-state index contributed by atoms with van der Waals surface area (Å²) in [6, 6.07) is 1.70. The number of halogens is 2. The molecule has 0 saturated heterocycles. The number of pyridine rings is 1. The van der Waals surface area contributed by atoms with Crippen LogP contribution < -0.4 is 0 Å². The molecule has 3 heterocycles. The maximum Gasteiger partial charge on any atom is 0.305 e. The lowest BCUT2D eigenvalue weighted by Gasteiger charge is -2.29. The predicted octanol–water partition coefficient (Wildman–Crippen LogP) is 3.98. The molecule has 0 unspecified atom stereocenters. The number of aromatic nitrogens is 5. The highest BCUT2D eigenvalue weighted by Crippen LogP contribution is 2.33. The number of hydrogen-bond donors (Lipinski definition) is 1. The molecule has 0 bridgehead atoms. The predicted molar refractivity (Wildman–Crippen MR) is 103 cm³/mol. The van der Waals surface area contributed by atoms with Crippen LogP contribution in [0.1, 0.15) is 32.9 Å². The van der Waals surface area contributed by atoms with Gasteiger partial charge in [-0.3, -0.25) is 9.89 Å². The van der Waals surface area contributed by atoms with E-state index in [0.717, 1.165) is 6.20 Å². The smallest absolute Gasteiger partial charge is 0.305 e. The average Bonchev–Trinajstić information content (AvgIpc) is 3.04. The fraction of sp³-hybridized carbons (Fsp3) is 0.421. The summed E-state index contributed by atoms with van der Waals surface area (Å²) in [5.74, 6) is -0.738. The second-order valence-electron chi connectivity index (χ2n) is 7.66. The van der Waals surface area contributed by atoms with Crippen molar-refractivity contribution in [1.29, 1.82) is 0 Å². The number of carbonyl (C=O) groups is 1. The molecule has 3 rings (SSSR count). The quantitative estimate of drug-likeness (QED) is 0.645. The number of rotatable bonds is 5. The highest BCUT2D eigenvalue weighted by molar-refractivity contribution is 6.31. The van der Waals surface area contributed by atoms with Crippen LogP contribution in [-0.2, 0) is 16.0 Å². The van der Waals surface area contributed by atoms with Gasteiger partial charge >= 0.3 is 5.97 Å². The van der Waals surface area contributed by atoms with E-state index in [-0.39, 0.29) is 41.7 Å². The number of methoxy groups -OCH3 is 1. The third-order valence-corrected chi connectivity index (χ3v) is 4.93. The van der Waals surface area contributed by atoms with Gasteiger partial charge in [-0.1, -0.05) is 32.4 Å². The summed E-state index contributed by atoms with van der Waals surface area (Å²) in [5, 5.41) is 8.04. The molecule has 0 aliphatic rings. The Morgan fingerprint density at radius 1 is 1.32 bits per heavy atom. The molecule has 1 atom stereocenters. The lowest BCUT2D eigenvalue weighted by atomic mass is 9.76. The van der Waals surface area contributed by atoms with E-state index in [1.807, 2.05) is 20.8 Å². The standard InChI is InChI=1S/C19H21ClFN5O2/c1-19(2,3)10(6-15(27)28-4)5-14-13(21)9-23-18(24-14)16-12-7-11(20)8-22-17(12)26-25-16/h7-10H,5-6H2,1-4H3,(H,22,25,26)/t10-/m1/s1. The number of esters is 1. The van der Waals surface area contributed by atoms with E-state index >= 15 is 0 Å². The Hall–Kier alpha value is -2.61. The lowest BCUT2D eigenvalue weighted by Crippen LogP contribution is -2.27. The Labute approximate surface area is 166 Å². The van der Waals surface area contributed by atoms with Gasteiger partial charge in [-0.2, -0.15) is 5.10 Å². The monoisotopic (exact) mass is 405 g/mol. The van der Waals surface area contributed by atoms with Crippen molar-refractivity contribution in [2.45, 2.75) is 33.6 Å². The van der Waals surface area contributed by atoms with Gasteiger partial charge in [0, 0.05) is 12.6 Å². The number of H-pyrrole nitrogens is 1. The van der Waals surface area contributed by atoms with Gasteiger partial charge in [0.15, 0.2) is 17.3 Å². The van der Waals surface area contributed by atoms with Crippen molar-refractivity contribution in [3.63, 3.8) is 0 Å². The van der Waals surface area contributed by atoms with Crippen LogP contribution in [0, 0.1) is 17.2 Å². The van der Waals surface area contributed by atoms with E-state index in [1.54, 1.807) is 6.07 Å². The first kappa shape index (κ1) is 20.1. The molecule has 0 amide bonds. The summed E-state index contributed by atoms with van der Waals surface area (Å²) < 4.78 is 19.2. The van der Waals surface area contributed by atoms with Gasteiger partial charge in [-0.25, -0.2) is 19.3 Å². The van der Waals surface area contributed by atoms with E-state index in [9.17, 15) is 9.18 Å². The van der Waals surface area contributed by atoms with Crippen molar-refractivity contribution < 1.29 is 13.9 Å². The van der Waals surface area contributed by atoms with Crippen LogP contribution in [0.15, 0.2) is 18.5 Å². The summed E-state index contributed by atoms with van der Waals surface area (Å²) in [6.45, 7) is 5.99. The van der Waals surface area contributed by atoms with Gasteiger partial charge < -0.3 is 4.74 Å². The van der Waals surface area contributed by atoms with Crippen molar-refractivity contribution in [2.75, 3.05) is 7.11 Å². The highest BCUT2D eigenvalue weighted by atomic mass is 35.5. The molecule has 7 nitrogen and oxygen atoms in total. The Balaban J connectivity index is 1.98. The molecule has 28 heavy (non-hydrogen) atoms. The molecule has 0 spiro atoms. The molecule has 1 N–H and O–H groups in total. The molecule has 0 fully saturated rings. The maximum absolute atomic E-state index is 14.5. The van der Waals surface area contributed by atoms with Gasteiger partial charge in [0.1, 0.15) is 5.69 Å². The van der Waals surface area contributed by atoms with Gasteiger partial charge in [0.2, 0.25) is 0 Å². The van der Waals surface area contributed by atoms with Gasteiger partial charge in [-0.05, 0) is 23.8 Å². The van der Waals surface area contributed by atoms with Gasteiger partial charge in [0.05, 0.1) is 29.4 Å². The minimum atomic E-state index is -0.525. The number of nitrogens with zero attached hydrogens (tertiary/aromatic N) is 4. The topological polar surface area (TPSA) is 93.7 Å². The second kappa shape index (κ2) is 7.79. The first-order valence-corrected chi connectivity index (χ1v) is 9.15. The molecule has 0 aromatic carbocycles. The molecule has 9 heteroatoms. The number of fused-ring (bicyclic) bond motifs is 1. The molecular formula is C19H21ClFN5O2. The van der Waals surface area contributed by atoms with Crippen molar-refractivity contribution in [2.24, 2.45) is 11.3 Å². The third-order valence-electron chi connectivity index (χ3n) is 4.72. The molecule has 3 aromatic rings. The fourth-order valence-electron chi connectivity index (χ4n) is 2.91. The summed E-state index contributed by atoms with van der Waals surface area (Å²) in [4.78, 5) is 24.4. The first-order chi connectivity index (χ1) is 13.2. The fourth-order valence-corrected chi connectivity index (χ4v) is 3.07. The molecular weight excluding hydrogens is 385 g/mol. The zero-order valence-corrected chi connectivity index (χ0v) is 16.8. The maximum atomic E-state index is 14.5. The third kappa shape index (κ3) is 4.27. The Morgan fingerprint density at radius 3 is 2.75 bits per heavy atom. The molecule has 0 radical (unpaired) electrons. The summed E-state index contributed by atoms with van der Waals surface area (Å²) in [7, 11) is 1.34. The molecule has 148 valence electrons. The van der Waals surface area contributed by atoms with Crippen LogP contribution in [0.4, 0.5) is 4.39 Å². The van der Waals surface area contributed by atoms with Gasteiger partial charge in [0.25, 0.3) is 0 Å². The van der Waals surface area contributed by atoms with Crippen LogP contribution in [0.3, 0.4) is 0 Å². The van der Waals surface area contributed by atoms with E-state index < -0.39 is 5.82 Å². The largest absolute Gasteiger partial charge is 0.469 e. The van der Waals surface area contributed by atoms with E-state index in [1.165, 1.54) is 13.3 Å².